The van der Waals surface area contributed by atoms with Crippen molar-refractivity contribution < 1.29 is 9.53 Å². The Morgan fingerprint density at radius 1 is 1.40 bits per heavy atom. The number of carbonyl (C=O) groups excluding carboxylic acids is 1. The van der Waals surface area contributed by atoms with Crippen LogP contribution in [0.1, 0.15) is 24.2 Å². The van der Waals surface area contributed by atoms with E-state index in [1.807, 2.05) is 19.9 Å². The van der Waals surface area contributed by atoms with Gasteiger partial charge in [-0.25, -0.2) is 0 Å². The molecule has 0 atom stereocenters. The highest BCUT2D eigenvalue weighted by Crippen LogP contribution is 2.38. The second-order valence-corrected chi connectivity index (χ2v) is 5.59. The van der Waals surface area contributed by atoms with Crippen LogP contribution < -0.4 is 10.1 Å². The summed E-state index contributed by atoms with van der Waals surface area (Å²) in [6, 6.07) is 5.50. The monoisotopic (exact) mass is 223 g/mol. The van der Waals surface area contributed by atoms with Gasteiger partial charge >= 0.3 is 0 Å². The predicted molar refractivity (Wildman–Crippen MR) is 60.4 cm³/mol. The fourth-order valence-corrected chi connectivity index (χ4v) is 2.68. The number of benzene rings is 1. The number of nitrogens with one attached hydrogen (secondary N) is 1. The Balaban J connectivity index is 2.46. The largest absolute Gasteiger partial charge is 0.497 e. The van der Waals surface area contributed by atoms with E-state index in [2.05, 4.69) is 5.32 Å². The smallest absolute Gasteiger partial charge is 0.253 e. The number of hydrogen-bond donors (Lipinski definition) is 1. The van der Waals surface area contributed by atoms with Crippen molar-refractivity contribution in [1.29, 1.82) is 0 Å². The third-order valence-corrected chi connectivity index (χ3v) is 3.38. The van der Waals surface area contributed by atoms with Crippen LogP contribution in [0.4, 0.5) is 0 Å². The molecule has 1 aliphatic rings. The van der Waals surface area contributed by atoms with Crippen molar-refractivity contribution >= 4 is 17.7 Å². The van der Waals surface area contributed by atoms with E-state index < -0.39 is 0 Å². The second-order valence-electron chi connectivity index (χ2n) is 3.93. The van der Waals surface area contributed by atoms with Gasteiger partial charge in [-0.15, -0.1) is 0 Å². The lowest BCUT2D eigenvalue weighted by Gasteiger charge is -2.31. The van der Waals surface area contributed by atoms with Gasteiger partial charge < -0.3 is 10.1 Å². The molecule has 1 aromatic carbocycles. The minimum Gasteiger partial charge on any atom is -0.497 e. The summed E-state index contributed by atoms with van der Waals surface area (Å²) in [7, 11) is 1.63. The molecule has 0 saturated carbocycles. The highest BCUT2D eigenvalue weighted by Gasteiger charge is 2.30. The van der Waals surface area contributed by atoms with Gasteiger partial charge in [-0.05, 0) is 32.0 Å². The van der Waals surface area contributed by atoms with Crippen LogP contribution in [0.3, 0.4) is 0 Å². The summed E-state index contributed by atoms with van der Waals surface area (Å²) in [4.78, 5) is 12.5. The zero-order valence-corrected chi connectivity index (χ0v) is 9.77. The van der Waals surface area contributed by atoms with E-state index in [0.717, 1.165) is 16.2 Å². The minimum absolute atomic E-state index is 0.0172. The number of ether oxygens (including phenoxy) is 1. The van der Waals surface area contributed by atoms with Crippen molar-refractivity contribution in [3.8, 4) is 5.75 Å². The van der Waals surface area contributed by atoms with Crippen LogP contribution in [0.25, 0.3) is 0 Å². The van der Waals surface area contributed by atoms with E-state index >= 15 is 0 Å². The molecule has 15 heavy (non-hydrogen) atoms. The predicted octanol–water partition coefficient (Wildman–Crippen LogP) is 2.27. The first kappa shape index (κ1) is 10.4. The van der Waals surface area contributed by atoms with E-state index in [9.17, 15) is 4.79 Å². The molecule has 1 N–H and O–H groups in total. The van der Waals surface area contributed by atoms with Gasteiger partial charge in [0.2, 0.25) is 0 Å². The lowest BCUT2D eigenvalue weighted by Crippen LogP contribution is -2.43. The average Bonchev–Trinajstić information content (AvgIpc) is 2.14. The topological polar surface area (TPSA) is 38.3 Å². The SMILES string of the molecule is COc1ccc2c(c1)SC(C)(C)NC2=O. The van der Waals surface area contributed by atoms with Crippen molar-refractivity contribution in [3.63, 3.8) is 0 Å². The molecule has 4 heteroatoms. The third kappa shape index (κ3) is 1.95. The Kier molecular flexibility index (Phi) is 2.38. The number of amides is 1. The van der Waals surface area contributed by atoms with E-state index in [-0.39, 0.29) is 10.8 Å². The first-order valence-electron chi connectivity index (χ1n) is 4.71. The van der Waals surface area contributed by atoms with Gasteiger partial charge in [-0.2, -0.15) is 0 Å². The number of carbonyl (C=O) groups is 1. The first-order valence-corrected chi connectivity index (χ1v) is 5.53. The normalized spacial score (nSPS) is 17.9. The number of methoxy groups -OCH3 is 1. The quantitative estimate of drug-likeness (QED) is 0.793. The second kappa shape index (κ2) is 3.45. The summed E-state index contributed by atoms with van der Waals surface area (Å²) >= 11 is 1.64. The molecule has 0 radical (unpaired) electrons. The summed E-state index contributed by atoms with van der Waals surface area (Å²) in [5.74, 6) is 0.767. The summed E-state index contributed by atoms with van der Waals surface area (Å²) in [6.07, 6.45) is 0. The maximum absolute atomic E-state index is 11.7. The van der Waals surface area contributed by atoms with Gasteiger partial charge in [-0.3, -0.25) is 4.79 Å². The van der Waals surface area contributed by atoms with Gasteiger partial charge in [0.15, 0.2) is 0 Å². The number of fused-ring (bicyclic) bond motifs is 1. The van der Waals surface area contributed by atoms with Crippen LogP contribution in [-0.2, 0) is 0 Å². The van der Waals surface area contributed by atoms with Crippen LogP contribution >= 0.6 is 11.8 Å². The van der Waals surface area contributed by atoms with E-state index in [0.29, 0.717) is 0 Å². The highest BCUT2D eigenvalue weighted by molar-refractivity contribution is 8.00. The third-order valence-electron chi connectivity index (χ3n) is 2.21. The molecule has 0 saturated heterocycles. The van der Waals surface area contributed by atoms with Crippen LogP contribution in [0, 0.1) is 0 Å². The minimum atomic E-state index is -0.254. The van der Waals surface area contributed by atoms with Crippen LogP contribution in [0.15, 0.2) is 23.1 Å². The Labute approximate surface area is 93.2 Å². The molecule has 1 amide bonds. The fraction of sp³-hybridized carbons (Fsp3) is 0.364. The molecule has 0 aromatic heterocycles. The molecule has 0 unspecified atom stereocenters. The Morgan fingerprint density at radius 3 is 2.80 bits per heavy atom. The molecule has 80 valence electrons. The van der Waals surface area contributed by atoms with Crippen molar-refractivity contribution in [3.05, 3.63) is 23.8 Å². The van der Waals surface area contributed by atoms with Crippen molar-refractivity contribution in [2.45, 2.75) is 23.6 Å². The number of hydrogen-bond acceptors (Lipinski definition) is 3. The summed E-state index contributed by atoms with van der Waals surface area (Å²) < 4.78 is 5.14. The Morgan fingerprint density at radius 2 is 2.13 bits per heavy atom. The fourth-order valence-electron chi connectivity index (χ4n) is 1.54. The zero-order valence-electron chi connectivity index (χ0n) is 8.96. The lowest BCUT2D eigenvalue weighted by atomic mass is 10.2. The Bertz CT molecular complexity index is 415. The van der Waals surface area contributed by atoms with Gasteiger partial charge in [0.05, 0.1) is 17.5 Å². The van der Waals surface area contributed by atoms with Crippen molar-refractivity contribution in [2.75, 3.05) is 7.11 Å². The van der Waals surface area contributed by atoms with Crippen LogP contribution in [0.2, 0.25) is 0 Å². The highest BCUT2D eigenvalue weighted by atomic mass is 32.2. The summed E-state index contributed by atoms with van der Waals surface area (Å²) in [5, 5.41) is 2.93. The Hall–Kier alpha value is -1.16. The molecule has 0 spiro atoms. The lowest BCUT2D eigenvalue weighted by molar-refractivity contribution is 0.0929. The molecule has 0 fully saturated rings. The zero-order chi connectivity index (χ0) is 11.1. The van der Waals surface area contributed by atoms with Gasteiger partial charge in [0, 0.05) is 4.90 Å². The standard InChI is InChI=1S/C11H13NO2S/c1-11(2)12-10(13)8-5-4-7(14-3)6-9(8)15-11/h4-6H,1-3H3,(H,12,13). The van der Waals surface area contributed by atoms with E-state index in [1.165, 1.54) is 0 Å². The maximum Gasteiger partial charge on any atom is 0.253 e. The van der Waals surface area contributed by atoms with Crippen molar-refractivity contribution in [2.24, 2.45) is 0 Å². The maximum atomic E-state index is 11.7. The molecule has 3 nitrogen and oxygen atoms in total. The van der Waals surface area contributed by atoms with Gasteiger partial charge in [0.25, 0.3) is 5.91 Å². The van der Waals surface area contributed by atoms with Crippen molar-refractivity contribution in [1.82, 2.24) is 5.32 Å². The molecule has 1 aliphatic heterocycles. The molecule has 1 aromatic rings. The molecule has 1 heterocycles. The van der Waals surface area contributed by atoms with Crippen LogP contribution in [0.5, 0.6) is 5.75 Å². The van der Waals surface area contributed by atoms with Gasteiger partial charge in [-0.1, -0.05) is 11.8 Å². The molecular formula is C11H13NO2S. The number of thioether (sulfide) groups is 1. The average molecular weight is 223 g/mol. The summed E-state index contributed by atoms with van der Waals surface area (Å²) in [6.45, 7) is 3.97. The molecular weight excluding hydrogens is 210 g/mol. The molecule has 2 rings (SSSR count). The van der Waals surface area contributed by atoms with Gasteiger partial charge in [0.1, 0.15) is 5.75 Å². The number of rotatable bonds is 1. The molecule has 0 aliphatic carbocycles. The van der Waals surface area contributed by atoms with Crippen LogP contribution in [-0.4, -0.2) is 17.9 Å². The summed E-state index contributed by atoms with van der Waals surface area (Å²) in [5.41, 5.74) is 0.722. The first-order chi connectivity index (χ1) is 7.02. The molecule has 0 bridgehead atoms. The van der Waals surface area contributed by atoms with E-state index in [4.69, 9.17) is 4.74 Å². The van der Waals surface area contributed by atoms with E-state index in [1.54, 1.807) is 31.0 Å².